The zero-order valence-corrected chi connectivity index (χ0v) is 13.6. The summed E-state index contributed by atoms with van der Waals surface area (Å²) in [6.07, 6.45) is 3.56. The van der Waals surface area contributed by atoms with Crippen LogP contribution in [0.3, 0.4) is 0 Å². The van der Waals surface area contributed by atoms with E-state index in [1.54, 1.807) is 35.4 Å². The van der Waals surface area contributed by atoms with Gasteiger partial charge in [0, 0.05) is 25.7 Å². The van der Waals surface area contributed by atoms with Crippen LogP contribution in [0.2, 0.25) is 0 Å². The predicted octanol–water partition coefficient (Wildman–Crippen LogP) is 2.05. The van der Waals surface area contributed by atoms with Gasteiger partial charge >= 0.3 is 0 Å². The van der Waals surface area contributed by atoms with Gasteiger partial charge in [0.15, 0.2) is 0 Å². The first-order valence-electron chi connectivity index (χ1n) is 8.36. The molecular weight excluding hydrogens is 318 g/mol. The van der Waals surface area contributed by atoms with E-state index in [4.69, 9.17) is 0 Å². The van der Waals surface area contributed by atoms with Crippen LogP contribution in [0.15, 0.2) is 42.6 Å². The van der Waals surface area contributed by atoms with Gasteiger partial charge in [-0.2, -0.15) is 0 Å². The molecule has 1 aromatic heterocycles. The molecule has 0 atom stereocenters. The number of pyridine rings is 1. The van der Waals surface area contributed by atoms with Crippen LogP contribution in [-0.2, 0) is 11.2 Å². The fourth-order valence-electron chi connectivity index (χ4n) is 3.44. The average molecular weight is 335 g/mol. The van der Waals surface area contributed by atoms with Crippen molar-refractivity contribution < 1.29 is 14.4 Å². The summed E-state index contributed by atoms with van der Waals surface area (Å²) in [5, 5.41) is 0. The lowest BCUT2D eigenvalue weighted by Gasteiger charge is -2.29. The first kappa shape index (κ1) is 15.5. The van der Waals surface area contributed by atoms with Gasteiger partial charge in [0.05, 0.1) is 22.5 Å². The second-order valence-electron chi connectivity index (χ2n) is 6.18. The summed E-state index contributed by atoms with van der Waals surface area (Å²) in [6.45, 7) is 0.733. The Hall–Kier alpha value is -3.02. The summed E-state index contributed by atoms with van der Waals surface area (Å²) in [7, 11) is 0. The van der Waals surface area contributed by atoms with Crippen molar-refractivity contribution in [1.29, 1.82) is 0 Å². The van der Waals surface area contributed by atoms with E-state index >= 15 is 0 Å². The molecule has 1 aromatic carbocycles. The number of rotatable bonds is 3. The summed E-state index contributed by atoms with van der Waals surface area (Å²) < 4.78 is 0. The van der Waals surface area contributed by atoms with Crippen LogP contribution in [0.1, 0.15) is 39.3 Å². The molecule has 0 bridgehead atoms. The fraction of sp³-hybridized carbons (Fsp3) is 0.263. The van der Waals surface area contributed by atoms with Crippen LogP contribution in [0.25, 0.3) is 0 Å². The number of aryl methyl sites for hydroxylation is 1. The lowest BCUT2D eigenvalue weighted by atomic mass is 10.1. The lowest BCUT2D eigenvalue weighted by Crippen LogP contribution is -2.39. The second-order valence-corrected chi connectivity index (χ2v) is 6.18. The molecule has 2 aliphatic rings. The normalized spacial score (nSPS) is 16.0. The Morgan fingerprint density at radius 1 is 1.04 bits per heavy atom. The number of amides is 3. The van der Waals surface area contributed by atoms with Crippen molar-refractivity contribution >= 4 is 23.4 Å². The number of carbonyl (C=O) groups excluding carboxylic acids is 3. The van der Waals surface area contributed by atoms with Gasteiger partial charge in [0.2, 0.25) is 5.91 Å². The monoisotopic (exact) mass is 335 g/mol. The zero-order valence-electron chi connectivity index (χ0n) is 13.6. The minimum Gasteiger partial charge on any atom is -0.311 e. The van der Waals surface area contributed by atoms with Gasteiger partial charge in [-0.25, -0.2) is 0 Å². The molecule has 0 unspecified atom stereocenters. The smallest absolute Gasteiger partial charge is 0.261 e. The Bertz CT molecular complexity index is 843. The van der Waals surface area contributed by atoms with Crippen LogP contribution in [0.5, 0.6) is 0 Å². The first-order valence-corrected chi connectivity index (χ1v) is 8.36. The maximum absolute atomic E-state index is 12.7. The molecule has 2 aliphatic heterocycles. The number of carbonyl (C=O) groups is 3. The highest BCUT2D eigenvalue weighted by Gasteiger charge is 2.35. The molecule has 6 nitrogen and oxygen atoms in total. The number of benzene rings is 1. The molecule has 6 heteroatoms. The van der Waals surface area contributed by atoms with Crippen LogP contribution >= 0.6 is 0 Å². The van der Waals surface area contributed by atoms with Crippen molar-refractivity contribution in [2.24, 2.45) is 0 Å². The maximum atomic E-state index is 12.7. The standard InChI is InChI=1S/C19H17N3O3/c23-17(21-11-4-7-15-16(21)8-3-10-20-15)9-12-22-18(24)13-5-1-2-6-14(13)19(22)25/h1-3,5-6,8,10H,4,7,9,11-12H2. The molecule has 0 spiro atoms. The number of fused-ring (bicyclic) bond motifs is 2. The summed E-state index contributed by atoms with van der Waals surface area (Å²) in [4.78, 5) is 44.6. The van der Waals surface area contributed by atoms with E-state index in [1.165, 1.54) is 0 Å². The van der Waals surface area contributed by atoms with Gasteiger partial charge in [-0.15, -0.1) is 0 Å². The number of hydrogen-bond donors (Lipinski definition) is 0. The third-order valence-electron chi connectivity index (χ3n) is 4.68. The van der Waals surface area contributed by atoms with E-state index in [9.17, 15) is 14.4 Å². The van der Waals surface area contributed by atoms with E-state index in [0.29, 0.717) is 17.7 Å². The number of nitrogens with zero attached hydrogens (tertiary/aromatic N) is 3. The van der Waals surface area contributed by atoms with Gasteiger partial charge in [0.25, 0.3) is 11.8 Å². The molecule has 25 heavy (non-hydrogen) atoms. The lowest BCUT2D eigenvalue weighted by molar-refractivity contribution is -0.118. The molecule has 3 heterocycles. The SMILES string of the molecule is O=C1c2ccccc2C(=O)N1CCC(=O)N1CCCc2ncccc21. The van der Waals surface area contributed by atoms with Crippen LogP contribution < -0.4 is 4.90 Å². The van der Waals surface area contributed by atoms with Gasteiger partial charge in [-0.05, 0) is 37.1 Å². The Kier molecular flexibility index (Phi) is 3.80. The Labute approximate surface area is 145 Å². The van der Waals surface area contributed by atoms with E-state index < -0.39 is 0 Å². The first-order chi connectivity index (χ1) is 12.2. The highest BCUT2D eigenvalue weighted by Crippen LogP contribution is 2.26. The molecule has 0 radical (unpaired) electrons. The Morgan fingerprint density at radius 3 is 2.48 bits per heavy atom. The van der Waals surface area contributed by atoms with E-state index in [-0.39, 0.29) is 30.7 Å². The quantitative estimate of drug-likeness (QED) is 0.805. The van der Waals surface area contributed by atoms with Crippen molar-refractivity contribution in [2.75, 3.05) is 18.0 Å². The zero-order chi connectivity index (χ0) is 17.4. The number of hydrogen-bond acceptors (Lipinski definition) is 4. The van der Waals surface area contributed by atoms with Crippen LogP contribution in [0, 0.1) is 0 Å². The van der Waals surface area contributed by atoms with Crippen molar-refractivity contribution in [1.82, 2.24) is 9.88 Å². The highest BCUT2D eigenvalue weighted by molar-refractivity contribution is 6.21. The predicted molar refractivity (Wildman–Crippen MR) is 91.3 cm³/mol. The maximum Gasteiger partial charge on any atom is 0.261 e. The minimum atomic E-state index is -0.325. The summed E-state index contributed by atoms with van der Waals surface area (Å²) >= 11 is 0. The third kappa shape index (κ3) is 2.59. The van der Waals surface area contributed by atoms with Crippen LogP contribution in [0.4, 0.5) is 5.69 Å². The molecule has 0 fully saturated rings. The second kappa shape index (κ2) is 6.12. The van der Waals surface area contributed by atoms with Gasteiger partial charge in [0.1, 0.15) is 0 Å². The highest BCUT2D eigenvalue weighted by atomic mass is 16.2. The van der Waals surface area contributed by atoms with E-state index in [2.05, 4.69) is 4.98 Å². The van der Waals surface area contributed by atoms with Crippen molar-refractivity contribution in [2.45, 2.75) is 19.3 Å². The average Bonchev–Trinajstić information content (AvgIpc) is 2.90. The molecule has 0 N–H and O–H groups in total. The van der Waals surface area contributed by atoms with Gasteiger partial charge in [-0.3, -0.25) is 24.3 Å². The van der Waals surface area contributed by atoms with E-state index in [0.717, 1.165) is 29.1 Å². The fourth-order valence-corrected chi connectivity index (χ4v) is 3.44. The summed E-state index contributed by atoms with van der Waals surface area (Å²) in [5.41, 5.74) is 2.57. The minimum absolute atomic E-state index is 0.0921. The molecule has 2 aromatic rings. The Balaban J connectivity index is 1.47. The molecule has 0 aliphatic carbocycles. The molecule has 126 valence electrons. The summed E-state index contributed by atoms with van der Waals surface area (Å²) in [6, 6.07) is 10.5. The van der Waals surface area contributed by atoms with Crippen LogP contribution in [-0.4, -0.2) is 40.7 Å². The summed E-state index contributed by atoms with van der Waals surface area (Å²) in [5.74, 6) is -0.742. The van der Waals surface area contributed by atoms with E-state index in [1.807, 2.05) is 12.1 Å². The number of aromatic nitrogens is 1. The van der Waals surface area contributed by atoms with Crippen molar-refractivity contribution in [3.63, 3.8) is 0 Å². The number of imide groups is 1. The molecule has 0 saturated carbocycles. The van der Waals surface area contributed by atoms with Crippen molar-refractivity contribution in [3.05, 3.63) is 59.4 Å². The van der Waals surface area contributed by atoms with Gasteiger partial charge < -0.3 is 4.90 Å². The third-order valence-corrected chi connectivity index (χ3v) is 4.68. The van der Waals surface area contributed by atoms with Crippen molar-refractivity contribution in [3.8, 4) is 0 Å². The topological polar surface area (TPSA) is 70.6 Å². The molecule has 4 rings (SSSR count). The molecule has 3 amide bonds. The largest absolute Gasteiger partial charge is 0.311 e. The molecule has 0 saturated heterocycles. The Morgan fingerprint density at radius 2 is 1.76 bits per heavy atom. The van der Waals surface area contributed by atoms with Gasteiger partial charge in [-0.1, -0.05) is 12.1 Å². The number of anilines is 1. The molecular formula is C19H17N3O3.